The van der Waals surface area contributed by atoms with Gasteiger partial charge in [-0.2, -0.15) is 0 Å². The number of nitrogens with one attached hydrogen (secondary N) is 1. The van der Waals surface area contributed by atoms with Gasteiger partial charge in [0.05, 0.1) is 18.2 Å². The second kappa shape index (κ2) is 19.4. The minimum atomic E-state index is -0.648. The van der Waals surface area contributed by atoms with E-state index in [4.69, 9.17) is 16.9 Å². The van der Waals surface area contributed by atoms with Gasteiger partial charge in [0, 0.05) is 82.2 Å². The Morgan fingerprint density at radius 1 is 0.870 bits per heavy atom. The highest BCUT2D eigenvalue weighted by Crippen LogP contribution is 2.27. The van der Waals surface area contributed by atoms with Crippen molar-refractivity contribution in [3.63, 3.8) is 0 Å². The highest BCUT2D eigenvalue weighted by molar-refractivity contribution is 6.09. The molecule has 54 heavy (non-hydrogen) atoms. The molecule has 5 rings (SSSR count). The Morgan fingerprint density at radius 3 is 2.15 bits per heavy atom. The van der Waals surface area contributed by atoms with Crippen LogP contribution < -0.4 is 11.5 Å². The number of amides is 4. The Kier molecular flexibility index (Phi) is 14.7. The molecule has 1 saturated carbocycles. The maximum atomic E-state index is 14.9. The second-order valence-corrected chi connectivity index (χ2v) is 15.4. The van der Waals surface area contributed by atoms with Gasteiger partial charge in [-0.15, -0.1) is 0 Å². The predicted octanol–water partition coefficient (Wildman–Crippen LogP) is 3.22. The Balaban J connectivity index is 1.02. The number of benzene rings is 2. The third-order valence-electron chi connectivity index (χ3n) is 11.6. The Morgan fingerprint density at radius 2 is 1.50 bits per heavy atom. The van der Waals surface area contributed by atoms with Crippen molar-refractivity contribution in [3.05, 3.63) is 70.5 Å². The maximum Gasteiger partial charge on any atom is 0.256 e. The van der Waals surface area contributed by atoms with Gasteiger partial charge in [-0.05, 0) is 68.5 Å². The van der Waals surface area contributed by atoms with Crippen LogP contribution in [0.4, 0.5) is 4.39 Å². The minimum Gasteiger partial charge on any atom is -0.366 e. The Labute approximate surface area is 319 Å². The highest BCUT2D eigenvalue weighted by atomic mass is 19.1. The van der Waals surface area contributed by atoms with Crippen LogP contribution in [0.25, 0.3) is 0 Å². The molecule has 294 valence electrons. The molecule has 2 aromatic carbocycles. The molecule has 2 unspecified atom stereocenters. The third kappa shape index (κ3) is 10.7. The lowest BCUT2D eigenvalue weighted by molar-refractivity contribution is -0.136. The van der Waals surface area contributed by atoms with Gasteiger partial charge in [0.25, 0.3) is 5.91 Å². The number of nitrogens with two attached hydrogens (primary N) is 2. The fourth-order valence-electron chi connectivity index (χ4n) is 8.10. The van der Waals surface area contributed by atoms with Gasteiger partial charge in [0.1, 0.15) is 5.82 Å². The first-order valence-electron chi connectivity index (χ1n) is 19.7. The first kappa shape index (κ1) is 41.0. The fourth-order valence-corrected chi connectivity index (χ4v) is 8.10. The summed E-state index contributed by atoms with van der Waals surface area (Å²) < 4.78 is 14.9. The zero-order valence-electron chi connectivity index (χ0n) is 32.1. The number of carbonyl (C=O) groups excluding carboxylic acids is 4. The zero-order chi connectivity index (χ0) is 38.8. The Hall–Kier alpha value is -4.20. The standard InChI is InChI=1S/C41H59FN8O4/c1-3-29(27-47-17-19-50(20-18-47)41(54)38(44)31-9-5-4-6-10-31)15-16-46(2)28-37(51)48-21-23-49(24-22-48)40(53)34-25-30(13-14-35(34)42)26-36(43)32-11-7-8-12-33(32)39(45)52/h7-8,11-14,25,29,31,38,43H,3-6,9-10,15-24,26-28,44H2,1-2H3,(H2,45,52). The van der Waals surface area contributed by atoms with E-state index < -0.39 is 17.6 Å². The number of halogens is 1. The van der Waals surface area contributed by atoms with Gasteiger partial charge in [-0.25, -0.2) is 4.39 Å². The molecular weight excluding hydrogens is 688 g/mol. The van der Waals surface area contributed by atoms with Gasteiger partial charge in [-0.3, -0.25) is 29.0 Å². The topological polar surface area (TPSA) is 160 Å². The van der Waals surface area contributed by atoms with E-state index in [2.05, 4.69) is 16.7 Å². The molecule has 0 bridgehead atoms. The quantitative estimate of drug-likeness (QED) is 0.236. The van der Waals surface area contributed by atoms with Crippen molar-refractivity contribution in [2.75, 3.05) is 79.0 Å². The van der Waals surface area contributed by atoms with E-state index in [9.17, 15) is 23.6 Å². The van der Waals surface area contributed by atoms with Gasteiger partial charge >= 0.3 is 0 Å². The summed E-state index contributed by atoms with van der Waals surface area (Å²) >= 11 is 0. The summed E-state index contributed by atoms with van der Waals surface area (Å²) in [6, 6.07) is 10.4. The number of hydrogen-bond donors (Lipinski definition) is 3. The molecule has 0 radical (unpaired) electrons. The van der Waals surface area contributed by atoms with Crippen LogP contribution in [0, 0.1) is 23.1 Å². The predicted molar refractivity (Wildman–Crippen MR) is 208 cm³/mol. The van der Waals surface area contributed by atoms with Crippen molar-refractivity contribution in [1.82, 2.24) is 24.5 Å². The molecule has 3 fully saturated rings. The molecule has 13 heteroatoms. The molecule has 1 aliphatic carbocycles. The van der Waals surface area contributed by atoms with Crippen LogP contribution in [0.2, 0.25) is 0 Å². The van der Waals surface area contributed by atoms with E-state index in [0.29, 0.717) is 49.1 Å². The molecule has 3 aliphatic rings. The van der Waals surface area contributed by atoms with Crippen molar-refractivity contribution in [3.8, 4) is 0 Å². The summed E-state index contributed by atoms with van der Waals surface area (Å²) in [5, 5.41) is 8.55. The van der Waals surface area contributed by atoms with Crippen LogP contribution in [0.1, 0.15) is 83.7 Å². The number of rotatable bonds is 15. The number of carbonyl (C=O) groups is 4. The average Bonchev–Trinajstić information content (AvgIpc) is 3.19. The molecule has 2 saturated heterocycles. The molecule has 0 aromatic heterocycles. The number of primary amides is 1. The highest BCUT2D eigenvalue weighted by Gasteiger charge is 2.32. The minimum absolute atomic E-state index is 0.00723. The first-order chi connectivity index (χ1) is 25.9. The second-order valence-electron chi connectivity index (χ2n) is 15.4. The van der Waals surface area contributed by atoms with E-state index >= 15 is 0 Å². The van der Waals surface area contributed by atoms with Gasteiger partial charge < -0.3 is 31.6 Å². The number of nitrogens with zero attached hydrogens (tertiary/aromatic N) is 5. The summed E-state index contributed by atoms with van der Waals surface area (Å²) in [5.74, 6) is -0.805. The van der Waals surface area contributed by atoms with Gasteiger partial charge in [0.2, 0.25) is 17.7 Å². The van der Waals surface area contributed by atoms with Gasteiger partial charge in [-0.1, -0.05) is 56.9 Å². The molecular formula is C41H59FN8O4. The van der Waals surface area contributed by atoms with E-state index in [1.165, 1.54) is 37.5 Å². The third-order valence-corrected chi connectivity index (χ3v) is 11.6. The molecule has 0 spiro atoms. The van der Waals surface area contributed by atoms with Crippen molar-refractivity contribution in [2.45, 2.75) is 64.3 Å². The van der Waals surface area contributed by atoms with E-state index in [-0.39, 0.29) is 47.7 Å². The molecule has 12 nitrogen and oxygen atoms in total. The molecule has 2 aliphatic heterocycles. The molecule has 4 amide bonds. The summed E-state index contributed by atoms with van der Waals surface area (Å²) in [6.45, 7) is 8.75. The van der Waals surface area contributed by atoms with Crippen molar-refractivity contribution < 1.29 is 23.6 Å². The van der Waals surface area contributed by atoms with Crippen LogP contribution in [0.15, 0.2) is 42.5 Å². The van der Waals surface area contributed by atoms with Crippen LogP contribution in [-0.4, -0.2) is 139 Å². The van der Waals surface area contributed by atoms with Crippen molar-refractivity contribution >= 4 is 29.3 Å². The summed E-state index contributed by atoms with van der Waals surface area (Å²) in [7, 11) is 1.96. The Bertz CT molecular complexity index is 1630. The summed E-state index contributed by atoms with van der Waals surface area (Å²) in [6.07, 6.45) is 7.84. The molecule has 2 atom stereocenters. The lowest BCUT2D eigenvalue weighted by Crippen LogP contribution is -2.55. The maximum absolute atomic E-state index is 14.9. The fraction of sp³-hybridized carbons (Fsp3) is 0.585. The van der Waals surface area contributed by atoms with Crippen molar-refractivity contribution in [1.29, 1.82) is 5.41 Å². The summed E-state index contributed by atoms with van der Waals surface area (Å²) in [5.41, 5.74) is 13.1. The van der Waals surface area contributed by atoms with Crippen LogP contribution in [-0.2, 0) is 16.0 Å². The van der Waals surface area contributed by atoms with E-state index in [1.807, 2.05) is 11.9 Å². The normalized spacial score (nSPS) is 18.4. The zero-order valence-corrected chi connectivity index (χ0v) is 32.1. The van der Waals surface area contributed by atoms with Crippen LogP contribution >= 0.6 is 0 Å². The monoisotopic (exact) mass is 746 g/mol. The summed E-state index contributed by atoms with van der Waals surface area (Å²) in [4.78, 5) is 61.4. The lowest BCUT2D eigenvalue weighted by atomic mass is 9.83. The largest absolute Gasteiger partial charge is 0.366 e. The average molecular weight is 747 g/mol. The smallest absolute Gasteiger partial charge is 0.256 e. The van der Waals surface area contributed by atoms with Crippen LogP contribution in [0.3, 0.4) is 0 Å². The van der Waals surface area contributed by atoms with Gasteiger partial charge in [0.15, 0.2) is 0 Å². The van der Waals surface area contributed by atoms with Crippen molar-refractivity contribution in [2.24, 2.45) is 23.3 Å². The lowest BCUT2D eigenvalue weighted by Gasteiger charge is -2.39. The number of piperazine rings is 2. The number of hydrogen-bond acceptors (Lipinski definition) is 8. The molecule has 2 aromatic rings. The molecule has 2 heterocycles. The van der Waals surface area contributed by atoms with E-state index in [1.54, 1.807) is 34.1 Å². The van der Waals surface area contributed by atoms with Crippen LogP contribution in [0.5, 0.6) is 0 Å². The first-order valence-corrected chi connectivity index (χ1v) is 19.7. The SMILES string of the molecule is CCC(CCN(C)CC(=O)N1CCN(C(=O)c2cc(CC(=N)c3ccccc3C(N)=O)ccc2F)CC1)CN1CCN(C(=O)C(N)C2CCCCC2)CC1. The number of likely N-dealkylation sites (N-methyl/N-ethyl adjacent to an activating group) is 1. The van der Waals surface area contributed by atoms with E-state index in [0.717, 1.165) is 65.0 Å². The molecule has 5 N–H and O–H groups in total.